The van der Waals surface area contributed by atoms with E-state index in [1.165, 1.54) is 27.8 Å². The van der Waals surface area contributed by atoms with Crippen molar-refractivity contribution >= 4 is 0 Å². The Morgan fingerprint density at radius 3 is 1.24 bits per heavy atom. The van der Waals surface area contributed by atoms with Crippen molar-refractivity contribution in [1.29, 1.82) is 0 Å². The summed E-state index contributed by atoms with van der Waals surface area (Å²) < 4.78 is 0. The maximum atomic E-state index is 5.19. The standard InChI is InChI=1S/C50H34N4/c1-5-15-35(16-6-1)43-24-13-25-44(36-17-7-2-8-18-36)47(43)38-26-28-40(29-27-38)49-52-48(39-21-11-4-12-22-39)53-50(54-49)45-31-30-41(42-23-14-32-51-34-42)33-46(45)37-19-9-3-10-20-37/h1-34H. The molecule has 254 valence electrons. The molecule has 2 aromatic heterocycles. The van der Waals surface area contributed by atoms with Gasteiger partial charge in [-0.05, 0) is 68.3 Å². The van der Waals surface area contributed by atoms with Crippen LogP contribution in [0, 0.1) is 0 Å². The van der Waals surface area contributed by atoms with E-state index in [-0.39, 0.29) is 0 Å². The maximum absolute atomic E-state index is 5.19. The average molecular weight is 691 g/mol. The van der Waals surface area contributed by atoms with Crippen LogP contribution < -0.4 is 0 Å². The second-order valence-corrected chi connectivity index (χ2v) is 13.1. The fraction of sp³-hybridized carbons (Fsp3) is 0. The first-order valence-electron chi connectivity index (χ1n) is 18.0. The molecule has 0 atom stereocenters. The van der Waals surface area contributed by atoms with Crippen molar-refractivity contribution in [3.8, 4) is 89.8 Å². The van der Waals surface area contributed by atoms with Crippen molar-refractivity contribution in [1.82, 2.24) is 19.9 Å². The molecule has 54 heavy (non-hydrogen) atoms. The van der Waals surface area contributed by atoms with Gasteiger partial charge in [0.05, 0.1) is 0 Å². The fourth-order valence-corrected chi connectivity index (χ4v) is 7.02. The number of hydrogen-bond donors (Lipinski definition) is 0. The van der Waals surface area contributed by atoms with E-state index in [0.29, 0.717) is 17.5 Å². The Hall–Kier alpha value is -7.30. The van der Waals surface area contributed by atoms with E-state index in [1.807, 2.05) is 48.7 Å². The molecular formula is C50H34N4. The zero-order valence-electron chi connectivity index (χ0n) is 29.4. The molecule has 0 saturated carbocycles. The van der Waals surface area contributed by atoms with Crippen molar-refractivity contribution in [3.63, 3.8) is 0 Å². The third-order valence-electron chi connectivity index (χ3n) is 9.67. The second-order valence-electron chi connectivity index (χ2n) is 13.1. The van der Waals surface area contributed by atoms with Crippen molar-refractivity contribution in [2.45, 2.75) is 0 Å². The third kappa shape index (κ3) is 6.60. The number of hydrogen-bond acceptors (Lipinski definition) is 4. The van der Waals surface area contributed by atoms with Gasteiger partial charge in [-0.1, -0.05) is 176 Å². The molecule has 0 amide bonds. The maximum Gasteiger partial charge on any atom is 0.164 e. The summed E-state index contributed by atoms with van der Waals surface area (Å²) >= 11 is 0. The predicted octanol–water partition coefficient (Wildman–Crippen LogP) is 12.6. The molecular weight excluding hydrogens is 657 g/mol. The molecule has 9 rings (SSSR count). The SMILES string of the molecule is c1ccc(-c2nc(-c3ccc(-c4c(-c5ccccc5)cccc4-c4ccccc4)cc3)nc(-c3ccc(-c4cccnc4)cc3-c3ccccc3)n2)cc1. The van der Waals surface area contributed by atoms with Gasteiger partial charge in [0.2, 0.25) is 0 Å². The molecule has 0 N–H and O–H groups in total. The van der Waals surface area contributed by atoms with Gasteiger partial charge in [-0.2, -0.15) is 0 Å². The minimum Gasteiger partial charge on any atom is -0.264 e. The number of aromatic nitrogens is 4. The first-order valence-corrected chi connectivity index (χ1v) is 18.0. The first-order chi connectivity index (χ1) is 26.8. The first kappa shape index (κ1) is 32.6. The van der Waals surface area contributed by atoms with E-state index < -0.39 is 0 Å². The quantitative estimate of drug-likeness (QED) is 0.159. The van der Waals surface area contributed by atoms with Crippen LogP contribution in [0.5, 0.6) is 0 Å². The van der Waals surface area contributed by atoms with Crippen LogP contribution in [0.4, 0.5) is 0 Å². The van der Waals surface area contributed by atoms with E-state index in [4.69, 9.17) is 15.0 Å². The van der Waals surface area contributed by atoms with Crippen LogP contribution >= 0.6 is 0 Å². The van der Waals surface area contributed by atoms with Gasteiger partial charge in [0.15, 0.2) is 17.5 Å². The Kier molecular flexibility index (Phi) is 8.90. The molecule has 0 fully saturated rings. The van der Waals surface area contributed by atoms with Crippen molar-refractivity contribution < 1.29 is 0 Å². The molecule has 4 heteroatoms. The minimum atomic E-state index is 0.611. The normalized spacial score (nSPS) is 11.0. The molecule has 0 saturated heterocycles. The summed E-state index contributed by atoms with van der Waals surface area (Å²) in [6.45, 7) is 0. The van der Waals surface area contributed by atoms with Gasteiger partial charge in [-0.25, -0.2) is 15.0 Å². The van der Waals surface area contributed by atoms with E-state index in [1.54, 1.807) is 6.20 Å². The smallest absolute Gasteiger partial charge is 0.164 e. The zero-order chi connectivity index (χ0) is 36.1. The highest BCUT2D eigenvalue weighted by Gasteiger charge is 2.18. The molecule has 7 aromatic carbocycles. The highest BCUT2D eigenvalue weighted by Crippen LogP contribution is 2.41. The van der Waals surface area contributed by atoms with Crippen LogP contribution in [0.2, 0.25) is 0 Å². The third-order valence-corrected chi connectivity index (χ3v) is 9.67. The van der Waals surface area contributed by atoms with Gasteiger partial charge in [0.1, 0.15) is 0 Å². The zero-order valence-corrected chi connectivity index (χ0v) is 29.4. The molecule has 0 aliphatic heterocycles. The predicted molar refractivity (Wildman–Crippen MR) is 221 cm³/mol. The topological polar surface area (TPSA) is 51.6 Å². The number of rotatable bonds is 8. The lowest BCUT2D eigenvalue weighted by Gasteiger charge is -2.17. The molecule has 2 heterocycles. The molecule has 0 radical (unpaired) electrons. The summed E-state index contributed by atoms with van der Waals surface area (Å²) in [6.07, 6.45) is 3.69. The Bertz CT molecular complexity index is 2600. The molecule has 0 bridgehead atoms. The summed E-state index contributed by atoms with van der Waals surface area (Å²) in [5.41, 5.74) is 14.0. The lowest BCUT2D eigenvalue weighted by molar-refractivity contribution is 1.07. The highest BCUT2D eigenvalue weighted by atomic mass is 15.0. The largest absolute Gasteiger partial charge is 0.264 e. The lowest BCUT2D eigenvalue weighted by Crippen LogP contribution is -2.01. The van der Waals surface area contributed by atoms with Crippen LogP contribution in [-0.4, -0.2) is 19.9 Å². The second kappa shape index (κ2) is 14.7. The summed E-state index contributed by atoms with van der Waals surface area (Å²) in [7, 11) is 0. The van der Waals surface area contributed by atoms with Gasteiger partial charge in [0, 0.05) is 34.6 Å². The monoisotopic (exact) mass is 690 g/mol. The molecule has 4 nitrogen and oxygen atoms in total. The molecule has 9 aromatic rings. The minimum absolute atomic E-state index is 0.611. The fourth-order valence-electron chi connectivity index (χ4n) is 7.02. The van der Waals surface area contributed by atoms with Crippen LogP contribution in [-0.2, 0) is 0 Å². The summed E-state index contributed by atoms with van der Waals surface area (Å²) in [6, 6.07) is 67.4. The van der Waals surface area contributed by atoms with Crippen molar-refractivity contribution in [2.75, 3.05) is 0 Å². The van der Waals surface area contributed by atoms with Crippen LogP contribution in [0.25, 0.3) is 89.8 Å². The molecule has 0 aliphatic carbocycles. The van der Waals surface area contributed by atoms with E-state index in [2.05, 4.69) is 157 Å². The Morgan fingerprint density at radius 1 is 0.259 bits per heavy atom. The van der Waals surface area contributed by atoms with Crippen molar-refractivity contribution in [3.05, 3.63) is 207 Å². The van der Waals surface area contributed by atoms with Gasteiger partial charge in [-0.15, -0.1) is 0 Å². The van der Waals surface area contributed by atoms with E-state index in [0.717, 1.165) is 44.5 Å². The number of benzene rings is 7. The highest BCUT2D eigenvalue weighted by molar-refractivity contribution is 5.95. The Labute approximate surface area is 315 Å². The molecule has 0 aliphatic rings. The van der Waals surface area contributed by atoms with Crippen molar-refractivity contribution in [2.24, 2.45) is 0 Å². The molecule has 0 unspecified atom stereocenters. The van der Waals surface area contributed by atoms with Gasteiger partial charge in [0.25, 0.3) is 0 Å². The number of nitrogens with zero attached hydrogens (tertiary/aromatic N) is 4. The Balaban J connectivity index is 1.20. The van der Waals surface area contributed by atoms with Gasteiger partial charge in [-0.3, -0.25) is 4.98 Å². The number of pyridine rings is 1. The lowest BCUT2D eigenvalue weighted by atomic mass is 9.87. The van der Waals surface area contributed by atoms with Crippen LogP contribution in [0.3, 0.4) is 0 Å². The Morgan fingerprint density at radius 2 is 0.704 bits per heavy atom. The summed E-state index contributed by atoms with van der Waals surface area (Å²) in [4.78, 5) is 19.7. The summed E-state index contributed by atoms with van der Waals surface area (Å²) in [5.74, 6) is 1.84. The van der Waals surface area contributed by atoms with Crippen LogP contribution in [0.1, 0.15) is 0 Å². The van der Waals surface area contributed by atoms with Crippen LogP contribution in [0.15, 0.2) is 207 Å². The average Bonchev–Trinajstić information content (AvgIpc) is 3.27. The van der Waals surface area contributed by atoms with Gasteiger partial charge >= 0.3 is 0 Å². The van der Waals surface area contributed by atoms with E-state index in [9.17, 15) is 0 Å². The van der Waals surface area contributed by atoms with Gasteiger partial charge < -0.3 is 0 Å². The molecule has 0 spiro atoms. The van der Waals surface area contributed by atoms with E-state index >= 15 is 0 Å². The summed E-state index contributed by atoms with van der Waals surface area (Å²) in [5, 5.41) is 0.